The molecule has 0 bridgehead atoms. The highest BCUT2D eigenvalue weighted by molar-refractivity contribution is 5.21. The quantitative estimate of drug-likeness (QED) is 0.891. The molecule has 0 amide bonds. The lowest BCUT2D eigenvalue weighted by Crippen LogP contribution is -2.20. The molecule has 2 aromatic carbocycles. The predicted molar refractivity (Wildman–Crippen MR) is 72.7 cm³/mol. The van der Waals surface area contributed by atoms with Crippen LogP contribution in [0.25, 0.3) is 0 Å². The lowest BCUT2D eigenvalue weighted by Gasteiger charge is -2.15. The van der Waals surface area contributed by atoms with E-state index in [1.54, 1.807) is 18.2 Å². The summed E-state index contributed by atoms with van der Waals surface area (Å²) in [4.78, 5) is 0. The third-order valence-corrected chi connectivity index (χ3v) is 3.29. The minimum Gasteiger partial charge on any atom is -0.330 e. The molecule has 2 rings (SSSR count). The SMILES string of the molecule is NCC(Cc1cccc(F)c1)Cc1cccc(F)c1F. The van der Waals surface area contributed by atoms with Crippen molar-refractivity contribution in [3.8, 4) is 0 Å². The molecule has 0 spiro atoms. The van der Waals surface area contributed by atoms with Gasteiger partial charge in [-0.25, -0.2) is 13.2 Å². The summed E-state index contributed by atoms with van der Waals surface area (Å²) in [6, 6.07) is 10.3. The highest BCUT2D eigenvalue weighted by Gasteiger charge is 2.14. The molecule has 1 unspecified atom stereocenters. The van der Waals surface area contributed by atoms with Crippen molar-refractivity contribution >= 4 is 0 Å². The molecule has 0 aliphatic heterocycles. The van der Waals surface area contributed by atoms with Crippen molar-refractivity contribution in [2.24, 2.45) is 11.7 Å². The van der Waals surface area contributed by atoms with Crippen LogP contribution in [0, 0.1) is 23.4 Å². The van der Waals surface area contributed by atoms with E-state index in [2.05, 4.69) is 0 Å². The molecule has 0 aliphatic rings. The number of hydrogen-bond donors (Lipinski definition) is 1. The lowest BCUT2D eigenvalue weighted by molar-refractivity contribution is 0.473. The largest absolute Gasteiger partial charge is 0.330 e. The van der Waals surface area contributed by atoms with Crippen LogP contribution < -0.4 is 5.73 Å². The summed E-state index contributed by atoms with van der Waals surface area (Å²) in [5, 5.41) is 0. The van der Waals surface area contributed by atoms with E-state index >= 15 is 0 Å². The molecule has 0 aliphatic carbocycles. The van der Waals surface area contributed by atoms with Crippen LogP contribution in [0.4, 0.5) is 13.2 Å². The first-order valence-electron chi connectivity index (χ1n) is 6.47. The summed E-state index contributed by atoms with van der Waals surface area (Å²) in [6.45, 7) is 0.326. The lowest BCUT2D eigenvalue weighted by atomic mass is 9.92. The van der Waals surface area contributed by atoms with Gasteiger partial charge in [0.05, 0.1) is 0 Å². The van der Waals surface area contributed by atoms with Gasteiger partial charge < -0.3 is 5.73 Å². The third-order valence-electron chi connectivity index (χ3n) is 3.29. The Labute approximate surface area is 116 Å². The van der Waals surface area contributed by atoms with Gasteiger partial charge in [0.1, 0.15) is 5.82 Å². The second kappa shape index (κ2) is 6.57. The molecule has 0 saturated carbocycles. The Bertz CT molecular complexity index is 584. The van der Waals surface area contributed by atoms with Crippen LogP contribution in [0.5, 0.6) is 0 Å². The monoisotopic (exact) mass is 279 g/mol. The van der Waals surface area contributed by atoms with Gasteiger partial charge in [-0.3, -0.25) is 0 Å². The minimum atomic E-state index is -0.857. The van der Waals surface area contributed by atoms with E-state index in [9.17, 15) is 13.2 Å². The summed E-state index contributed by atoms with van der Waals surface area (Å²) in [6.07, 6.45) is 0.862. The first-order valence-corrected chi connectivity index (χ1v) is 6.47. The molecule has 106 valence electrons. The highest BCUT2D eigenvalue weighted by atomic mass is 19.2. The number of nitrogens with two attached hydrogens (primary N) is 1. The van der Waals surface area contributed by atoms with Gasteiger partial charge in [-0.15, -0.1) is 0 Å². The molecule has 4 heteroatoms. The van der Waals surface area contributed by atoms with E-state index in [0.29, 0.717) is 24.9 Å². The number of rotatable bonds is 5. The molecule has 20 heavy (non-hydrogen) atoms. The third kappa shape index (κ3) is 3.61. The van der Waals surface area contributed by atoms with E-state index in [1.165, 1.54) is 18.2 Å². The van der Waals surface area contributed by atoms with E-state index in [0.717, 1.165) is 11.6 Å². The van der Waals surface area contributed by atoms with Gasteiger partial charge in [0, 0.05) is 0 Å². The summed E-state index contributed by atoms with van der Waals surface area (Å²) in [5.41, 5.74) is 6.79. The van der Waals surface area contributed by atoms with Crippen LogP contribution in [0.3, 0.4) is 0 Å². The van der Waals surface area contributed by atoms with Crippen molar-refractivity contribution in [2.75, 3.05) is 6.54 Å². The molecule has 1 nitrogen and oxygen atoms in total. The topological polar surface area (TPSA) is 26.0 Å². The van der Waals surface area contributed by atoms with Gasteiger partial charge in [0.2, 0.25) is 0 Å². The molecule has 0 aromatic heterocycles. The fourth-order valence-corrected chi connectivity index (χ4v) is 2.25. The zero-order valence-electron chi connectivity index (χ0n) is 11.0. The predicted octanol–water partition coefficient (Wildman–Crippen LogP) is 3.46. The van der Waals surface area contributed by atoms with Crippen LogP contribution in [0.15, 0.2) is 42.5 Å². The van der Waals surface area contributed by atoms with Crippen molar-refractivity contribution in [2.45, 2.75) is 12.8 Å². The standard InChI is InChI=1S/C16H16F3N/c17-14-5-1-3-11(9-14)7-12(10-20)8-13-4-2-6-15(18)16(13)19/h1-6,9,12H,7-8,10,20H2. The molecule has 2 aromatic rings. The Kier molecular flexibility index (Phi) is 4.79. The zero-order valence-corrected chi connectivity index (χ0v) is 11.0. The summed E-state index contributed by atoms with van der Waals surface area (Å²) in [5.74, 6) is -2.06. The average Bonchev–Trinajstić information content (AvgIpc) is 2.43. The molecule has 0 saturated heterocycles. The Morgan fingerprint density at radius 2 is 1.70 bits per heavy atom. The van der Waals surface area contributed by atoms with Crippen molar-refractivity contribution in [1.82, 2.24) is 0 Å². The molecule has 2 N–H and O–H groups in total. The number of halogens is 3. The van der Waals surface area contributed by atoms with Crippen LogP contribution in [0.1, 0.15) is 11.1 Å². The second-order valence-electron chi connectivity index (χ2n) is 4.85. The average molecular weight is 279 g/mol. The number of benzene rings is 2. The van der Waals surface area contributed by atoms with E-state index in [4.69, 9.17) is 5.73 Å². The molecule has 0 radical (unpaired) electrons. The summed E-state index contributed by atoms with van der Waals surface area (Å²) < 4.78 is 39.9. The van der Waals surface area contributed by atoms with Crippen molar-refractivity contribution in [1.29, 1.82) is 0 Å². The van der Waals surface area contributed by atoms with Crippen molar-refractivity contribution in [3.05, 3.63) is 71.0 Å². The van der Waals surface area contributed by atoms with Crippen LogP contribution in [0.2, 0.25) is 0 Å². The maximum Gasteiger partial charge on any atom is 0.162 e. The normalized spacial score (nSPS) is 12.4. The smallest absolute Gasteiger partial charge is 0.162 e. The summed E-state index contributed by atoms with van der Waals surface area (Å²) >= 11 is 0. The van der Waals surface area contributed by atoms with E-state index < -0.39 is 11.6 Å². The van der Waals surface area contributed by atoms with Gasteiger partial charge in [-0.05, 0) is 54.6 Å². The van der Waals surface area contributed by atoms with Crippen LogP contribution in [-0.2, 0) is 12.8 Å². The van der Waals surface area contributed by atoms with Gasteiger partial charge in [0.15, 0.2) is 11.6 Å². The molecule has 1 atom stereocenters. The molecular weight excluding hydrogens is 263 g/mol. The molecule has 0 heterocycles. The van der Waals surface area contributed by atoms with E-state index in [-0.39, 0.29) is 11.7 Å². The summed E-state index contributed by atoms with van der Waals surface area (Å²) in [7, 11) is 0. The van der Waals surface area contributed by atoms with Gasteiger partial charge in [-0.1, -0.05) is 24.3 Å². The maximum absolute atomic E-state index is 13.6. The Balaban J connectivity index is 2.11. The second-order valence-corrected chi connectivity index (χ2v) is 4.85. The Morgan fingerprint density at radius 1 is 0.950 bits per heavy atom. The molecule has 0 fully saturated rings. The van der Waals surface area contributed by atoms with Crippen molar-refractivity contribution < 1.29 is 13.2 Å². The fourth-order valence-electron chi connectivity index (χ4n) is 2.25. The van der Waals surface area contributed by atoms with Gasteiger partial charge in [0.25, 0.3) is 0 Å². The van der Waals surface area contributed by atoms with Crippen LogP contribution >= 0.6 is 0 Å². The fraction of sp³-hybridized carbons (Fsp3) is 0.250. The van der Waals surface area contributed by atoms with Gasteiger partial charge in [-0.2, -0.15) is 0 Å². The van der Waals surface area contributed by atoms with Crippen molar-refractivity contribution in [3.63, 3.8) is 0 Å². The van der Waals surface area contributed by atoms with E-state index in [1.807, 2.05) is 0 Å². The minimum absolute atomic E-state index is 0.0619. The first-order chi connectivity index (χ1) is 9.60. The zero-order chi connectivity index (χ0) is 14.5. The van der Waals surface area contributed by atoms with Gasteiger partial charge >= 0.3 is 0 Å². The molecular formula is C16H16F3N. The highest BCUT2D eigenvalue weighted by Crippen LogP contribution is 2.18. The maximum atomic E-state index is 13.6. The van der Waals surface area contributed by atoms with Crippen LogP contribution in [-0.4, -0.2) is 6.54 Å². The number of hydrogen-bond acceptors (Lipinski definition) is 1. The first kappa shape index (κ1) is 14.6. The Morgan fingerprint density at radius 3 is 2.40 bits per heavy atom. The Hall–Kier alpha value is -1.81.